The number of thioether (sulfide) groups is 1. The van der Waals surface area contributed by atoms with Crippen molar-refractivity contribution in [1.82, 2.24) is 0 Å². The molecule has 3 N–H and O–H groups in total. The van der Waals surface area contributed by atoms with Crippen LogP contribution in [0.3, 0.4) is 0 Å². The number of rotatable bonds is 7. The summed E-state index contributed by atoms with van der Waals surface area (Å²) in [5, 5.41) is 13.7. The third kappa shape index (κ3) is 6.55. The maximum Gasteiger partial charge on any atom is 0.338 e. The topological polar surface area (TPSA) is 95.5 Å². The monoisotopic (exact) mass is 590 g/mol. The van der Waals surface area contributed by atoms with Crippen LogP contribution < -0.4 is 10.6 Å². The summed E-state index contributed by atoms with van der Waals surface area (Å²) in [6.07, 6.45) is 0. The van der Waals surface area contributed by atoms with Crippen LogP contribution in [0, 0.1) is 0 Å². The average Bonchev–Trinajstić information content (AvgIpc) is 2.80. The summed E-state index contributed by atoms with van der Waals surface area (Å²) in [5.41, 5.74) is -0.0293. The van der Waals surface area contributed by atoms with Crippen LogP contribution in [0.15, 0.2) is 53.4 Å². The Balaban J connectivity index is 1.72. The van der Waals surface area contributed by atoms with Crippen LogP contribution >= 0.6 is 69.8 Å². The van der Waals surface area contributed by atoms with Crippen molar-refractivity contribution in [3.05, 3.63) is 84.8 Å². The Morgan fingerprint density at radius 3 is 1.97 bits per heavy atom. The number of carboxylic acids is 1. The summed E-state index contributed by atoms with van der Waals surface area (Å²) >= 11 is 31.3. The fraction of sp³-hybridized carbons (Fsp3) is 0.0870. The first-order valence-corrected chi connectivity index (χ1v) is 12.5. The second-order valence-electron chi connectivity index (χ2n) is 7.05. The van der Waals surface area contributed by atoms with E-state index in [0.717, 1.165) is 4.90 Å². The van der Waals surface area contributed by atoms with Gasteiger partial charge in [-0.3, -0.25) is 9.59 Å². The van der Waals surface area contributed by atoms with Crippen molar-refractivity contribution >= 4 is 98.9 Å². The molecule has 0 fully saturated rings. The highest BCUT2D eigenvalue weighted by atomic mass is 35.5. The molecule has 35 heavy (non-hydrogen) atoms. The molecule has 6 nitrogen and oxygen atoms in total. The lowest BCUT2D eigenvalue weighted by Crippen LogP contribution is -2.22. The summed E-state index contributed by atoms with van der Waals surface area (Å²) in [6.45, 7) is 1.75. The minimum Gasteiger partial charge on any atom is -0.478 e. The zero-order valence-corrected chi connectivity index (χ0v) is 22.3. The van der Waals surface area contributed by atoms with Crippen LogP contribution in [-0.2, 0) is 4.79 Å². The summed E-state index contributed by atoms with van der Waals surface area (Å²) in [6, 6.07) is 13.4. The number of hydrogen-bond donors (Lipinski definition) is 3. The molecule has 1 atom stereocenters. The lowest BCUT2D eigenvalue weighted by Gasteiger charge is -2.15. The van der Waals surface area contributed by atoms with Gasteiger partial charge in [0.25, 0.3) is 5.91 Å². The molecule has 3 aromatic rings. The standard InChI is InChI=1S/C23H15Cl5N2O4S/c1-10(21(31)30-13-4-2-3-11(24)9-13)35-14-7-5-12(6-8-14)29-22(32)15-16(23(33)34)18(26)20(28)19(27)17(15)25/h2-10H,1H3,(H,29,32)(H,30,31)(H,33,34). The molecule has 3 aromatic carbocycles. The fourth-order valence-electron chi connectivity index (χ4n) is 2.92. The molecule has 0 aliphatic carbocycles. The lowest BCUT2D eigenvalue weighted by atomic mass is 10.1. The van der Waals surface area contributed by atoms with Gasteiger partial charge in [0.05, 0.1) is 36.5 Å². The molecule has 0 bridgehead atoms. The number of carboxylic acid groups (broad SMARTS) is 1. The minimum absolute atomic E-state index is 0.206. The van der Waals surface area contributed by atoms with Crippen molar-refractivity contribution in [3.63, 3.8) is 0 Å². The highest BCUT2D eigenvalue weighted by Crippen LogP contribution is 2.42. The van der Waals surface area contributed by atoms with Crippen molar-refractivity contribution in [2.45, 2.75) is 17.1 Å². The number of carbonyl (C=O) groups excluding carboxylic acids is 2. The molecule has 182 valence electrons. The number of amides is 2. The SMILES string of the molecule is CC(Sc1ccc(NC(=O)c2c(Cl)c(Cl)c(Cl)c(Cl)c2C(=O)O)cc1)C(=O)Nc1cccc(Cl)c1. The van der Waals surface area contributed by atoms with E-state index in [2.05, 4.69) is 10.6 Å². The maximum absolute atomic E-state index is 12.8. The smallest absolute Gasteiger partial charge is 0.338 e. The Morgan fingerprint density at radius 1 is 0.800 bits per heavy atom. The van der Waals surface area contributed by atoms with E-state index in [1.165, 1.54) is 11.8 Å². The molecule has 0 saturated carbocycles. The van der Waals surface area contributed by atoms with Crippen LogP contribution in [0.4, 0.5) is 11.4 Å². The zero-order valence-electron chi connectivity index (χ0n) is 17.7. The van der Waals surface area contributed by atoms with Crippen LogP contribution in [-0.4, -0.2) is 28.1 Å². The van der Waals surface area contributed by atoms with Crippen molar-refractivity contribution < 1.29 is 19.5 Å². The molecular formula is C23H15Cl5N2O4S. The van der Waals surface area contributed by atoms with Gasteiger partial charge in [-0.15, -0.1) is 11.8 Å². The maximum atomic E-state index is 12.8. The molecule has 3 rings (SSSR count). The van der Waals surface area contributed by atoms with Gasteiger partial charge in [-0.05, 0) is 49.4 Å². The Bertz CT molecular complexity index is 1320. The Morgan fingerprint density at radius 2 is 1.40 bits per heavy atom. The average molecular weight is 593 g/mol. The number of nitrogens with one attached hydrogen (secondary N) is 2. The molecule has 0 aliphatic rings. The fourth-order valence-corrected chi connectivity index (χ4v) is 5.00. The molecule has 0 aromatic heterocycles. The first kappa shape index (κ1) is 27.5. The summed E-state index contributed by atoms with van der Waals surface area (Å²) in [5.74, 6) is -2.53. The molecular weight excluding hydrogens is 578 g/mol. The van der Waals surface area contributed by atoms with Gasteiger partial charge in [-0.2, -0.15) is 0 Å². The Kier molecular flexibility index (Phi) is 9.21. The number of anilines is 2. The summed E-state index contributed by atoms with van der Waals surface area (Å²) in [7, 11) is 0. The van der Waals surface area contributed by atoms with Crippen LogP contribution in [0.5, 0.6) is 0 Å². The number of halogens is 5. The molecule has 0 spiro atoms. The normalized spacial score (nSPS) is 11.6. The van der Waals surface area contributed by atoms with Crippen molar-refractivity contribution in [1.29, 1.82) is 0 Å². The number of hydrogen-bond acceptors (Lipinski definition) is 4. The van der Waals surface area contributed by atoms with E-state index in [0.29, 0.717) is 16.4 Å². The third-order valence-electron chi connectivity index (χ3n) is 4.59. The van der Waals surface area contributed by atoms with Crippen LogP contribution in [0.2, 0.25) is 25.1 Å². The van der Waals surface area contributed by atoms with Gasteiger partial charge in [-0.1, -0.05) is 64.1 Å². The highest BCUT2D eigenvalue weighted by Gasteiger charge is 2.29. The zero-order chi connectivity index (χ0) is 25.9. The van der Waals surface area contributed by atoms with Crippen molar-refractivity contribution in [2.24, 2.45) is 0 Å². The lowest BCUT2D eigenvalue weighted by molar-refractivity contribution is -0.115. The van der Waals surface area contributed by atoms with Gasteiger partial charge in [0.2, 0.25) is 5.91 Å². The molecule has 12 heteroatoms. The molecule has 0 aliphatic heterocycles. The van der Waals surface area contributed by atoms with Gasteiger partial charge in [0.1, 0.15) is 0 Å². The second-order valence-corrected chi connectivity index (χ2v) is 10.4. The van der Waals surface area contributed by atoms with E-state index < -0.39 is 33.3 Å². The Hall–Kier alpha value is -2.13. The van der Waals surface area contributed by atoms with E-state index in [9.17, 15) is 19.5 Å². The minimum atomic E-state index is -1.49. The first-order valence-electron chi connectivity index (χ1n) is 9.73. The van der Waals surface area contributed by atoms with E-state index in [1.54, 1.807) is 55.5 Å². The van der Waals surface area contributed by atoms with Crippen LogP contribution in [0.1, 0.15) is 27.6 Å². The van der Waals surface area contributed by atoms with E-state index in [1.807, 2.05) is 0 Å². The second kappa shape index (κ2) is 11.7. The third-order valence-corrected chi connectivity index (χ3v) is 7.74. The van der Waals surface area contributed by atoms with Crippen molar-refractivity contribution in [3.8, 4) is 0 Å². The number of aromatic carboxylic acids is 1. The predicted octanol–water partition coefficient (Wildman–Crippen LogP) is 8.02. The van der Waals surface area contributed by atoms with Gasteiger partial charge in [-0.25, -0.2) is 4.79 Å². The largest absolute Gasteiger partial charge is 0.478 e. The summed E-state index contributed by atoms with van der Waals surface area (Å²) in [4.78, 5) is 37.8. The van der Waals surface area contributed by atoms with E-state index >= 15 is 0 Å². The first-order chi connectivity index (χ1) is 16.5. The van der Waals surface area contributed by atoms with E-state index in [-0.39, 0.29) is 21.0 Å². The van der Waals surface area contributed by atoms with Gasteiger partial charge >= 0.3 is 5.97 Å². The predicted molar refractivity (Wildman–Crippen MR) is 143 cm³/mol. The Labute approximate surface area is 229 Å². The summed E-state index contributed by atoms with van der Waals surface area (Å²) < 4.78 is 0. The number of benzene rings is 3. The quantitative estimate of drug-likeness (QED) is 0.147. The molecule has 1 unspecified atom stereocenters. The van der Waals surface area contributed by atoms with E-state index in [4.69, 9.17) is 58.0 Å². The van der Waals surface area contributed by atoms with Gasteiger partial charge < -0.3 is 15.7 Å². The number of carbonyl (C=O) groups is 3. The van der Waals surface area contributed by atoms with Crippen LogP contribution in [0.25, 0.3) is 0 Å². The van der Waals surface area contributed by atoms with Gasteiger partial charge in [0, 0.05) is 21.3 Å². The van der Waals surface area contributed by atoms with Crippen molar-refractivity contribution in [2.75, 3.05) is 10.6 Å². The molecule has 2 amide bonds. The molecule has 0 radical (unpaired) electrons. The molecule has 0 saturated heterocycles. The molecule has 0 heterocycles. The highest BCUT2D eigenvalue weighted by molar-refractivity contribution is 8.00. The van der Waals surface area contributed by atoms with Gasteiger partial charge in [0.15, 0.2) is 0 Å².